The Morgan fingerprint density at radius 3 is 2.28 bits per heavy atom. The van der Waals surface area contributed by atoms with Crippen LogP contribution in [0.3, 0.4) is 0 Å². The second kappa shape index (κ2) is 9.32. The van der Waals surface area contributed by atoms with Crippen LogP contribution in [0.5, 0.6) is 17.2 Å². The minimum atomic E-state index is -0.342. The zero-order valence-electron chi connectivity index (χ0n) is 14.6. The van der Waals surface area contributed by atoms with E-state index in [4.69, 9.17) is 14.2 Å². The van der Waals surface area contributed by atoms with Gasteiger partial charge in [0.25, 0.3) is 5.91 Å². The van der Waals surface area contributed by atoms with E-state index in [2.05, 4.69) is 10.5 Å². The van der Waals surface area contributed by atoms with Gasteiger partial charge in [-0.3, -0.25) is 4.79 Å². The van der Waals surface area contributed by atoms with Crippen molar-refractivity contribution in [1.82, 2.24) is 5.43 Å². The summed E-state index contributed by atoms with van der Waals surface area (Å²) >= 11 is 0. The molecule has 6 nitrogen and oxygen atoms in total. The van der Waals surface area contributed by atoms with Crippen molar-refractivity contribution in [2.24, 2.45) is 5.10 Å². The molecule has 0 aliphatic rings. The maximum absolute atomic E-state index is 12.0. The number of nitrogens with zero attached hydrogens (tertiary/aromatic N) is 1. The summed E-state index contributed by atoms with van der Waals surface area (Å²) < 4.78 is 15.8. The van der Waals surface area contributed by atoms with Crippen LogP contribution in [-0.2, 0) is 4.79 Å². The highest BCUT2D eigenvalue weighted by Crippen LogP contribution is 2.25. The van der Waals surface area contributed by atoms with Gasteiger partial charge in [0.15, 0.2) is 18.1 Å². The van der Waals surface area contributed by atoms with E-state index in [0.717, 1.165) is 17.0 Å². The molecule has 0 unspecified atom stereocenters. The van der Waals surface area contributed by atoms with E-state index in [0.29, 0.717) is 17.9 Å². The van der Waals surface area contributed by atoms with Gasteiger partial charge in [-0.25, -0.2) is 5.43 Å². The van der Waals surface area contributed by atoms with Crippen LogP contribution < -0.4 is 19.6 Å². The van der Waals surface area contributed by atoms with Gasteiger partial charge in [-0.1, -0.05) is 19.1 Å². The molecule has 6 heteroatoms. The molecule has 0 saturated heterocycles. The van der Waals surface area contributed by atoms with Gasteiger partial charge in [0.2, 0.25) is 0 Å². The van der Waals surface area contributed by atoms with Crippen molar-refractivity contribution in [2.45, 2.75) is 13.3 Å². The first-order valence-corrected chi connectivity index (χ1v) is 7.93. The van der Waals surface area contributed by atoms with Crippen molar-refractivity contribution in [2.75, 3.05) is 20.8 Å². The molecule has 132 valence electrons. The van der Waals surface area contributed by atoms with Gasteiger partial charge in [-0.2, -0.15) is 5.10 Å². The second-order valence-electron chi connectivity index (χ2n) is 5.12. The number of ether oxygens (including phenoxy) is 3. The van der Waals surface area contributed by atoms with Crippen molar-refractivity contribution >= 4 is 11.6 Å². The van der Waals surface area contributed by atoms with Crippen molar-refractivity contribution in [3.63, 3.8) is 0 Å². The highest BCUT2D eigenvalue weighted by atomic mass is 16.5. The fraction of sp³-hybridized carbons (Fsp3) is 0.263. The van der Waals surface area contributed by atoms with Gasteiger partial charge in [0.05, 0.1) is 19.9 Å². The topological polar surface area (TPSA) is 69.2 Å². The molecule has 1 N–H and O–H groups in total. The van der Waals surface area contributed by atoms with E-state index < -0.39 is 0 Å². The molecule has 0 saturated carbocycles. The number of carbonyl (C=O) groups is 1. The minimum Gasteiger partial charge on any atom is -0.497 e. The molecule has 0 spiro atoms. The Morgan fingerprint density at radius 1 is 1.00 bits per heavy atom. The molecular weight excluding hydrogens is 320 g/mol. The van der Waals surface area contributed by atoms with E-state index in [1.807, 2.05) is 43.3 Å². The molecule has 2 aromatic rings. The van der Waals surface area contributed by atoms with Crippen molar-refractivity contribution in [3.8, 4) is 17.2 Å². The number of methoxy groups -OCH3 is 2. The Bertz CT molecular complexity index is 726. The SMILES string of the molecule is CC/C(=N/NC(=O)COc1ccccc1OC)c1ccc(OC)cc1. The largest absolute Gasteiger partial charge is 0.497 e. The van der Waals surface area contributed by atoms with E-state index in [1.165, 1.54) is 0 Å². The number of hydrogen-bond donors (Lipinski definition) is 1. The highest BCUT2D eigenvalue weighted by Gasteiger charge is 2.07. The number of nitrogens with one attached hydrogen (secondary N) is 1. The van der Waals surface area contributed by atoms with Gasteiger partial charge < -0.3 is 14.2 Å². The predicted molar refractivity (Wildman–Crippen MR) is 96.5 cm³/mol. The lowest BCUT2D eigenvalue weighted by atomic mass is 10.1. The van der Waals surface area contributed by atoms with Crippen molar-refractivity contribution in [3.05, 3.63) is 54.1 Å². The standard InChI is InChI=1S/C19H22N2O4/c1-4-16(14-9-11-15(23-2)12-10-14)20-21-19(22)13-25-18-8-6-5-7-17(18)24-3/h5-12H,4,13H2,1-3H3,(H,21,22)/b20-16-. The number of benzene rings is 2. The lowest BCUT2D eigenvalue weighted by Gasteiger charge is -2.10. The molecular formula is C19H22N2O4. The first kappa shape index (κ1) is 18.3. The summed E-state index contributed by atoms with van der Waals surface area (Å²) in [6.45, 7) is 1.82. The fourth-order valence-electron chi connectivity index (χ4n) is 2.17. The second-order valence-corrected chi connectivity index (χ2v) is 5.12. The summed E-state index contributed by atoms with van der Waals surface area (Å²) in [6, 6.07) is 14.7. The molecule has 0 aliphatic heterocycles. The average Bonchev–Trinajstić information content (AvgIpc) is 2.67. The number of carbonyl (C=O) groups excluding carboxylic acids is 1. The molecule has 0 atom stereocenters. The summed E-state index contributed by atoms with van der Waals surface area (Å²) in [5.74, 6) is 1.51. The van der Waals surface area contributed by atoms with Crippen LogP contribution in [0.15, 0.2) is 53.6 Å². The Balaban J connectivity index is 1.95. The number of para-hydroxylation sites is 2. The highest BCUT2D eigenvalue weighted by molar-refractivity contribution is 6.01. The summed E-state index contributed by atoms with van der Waals surface area (Å²) in [5.41, 5.74) is 4.22. The van der Waals surface area contributed by atoms with E-state index >= 15 is 0 Å². The van der Waals surface area contributed by atoms with E-state index in [1.54, 1.807) is 26.4 Å². The first-order chi connectivity index (χ1) is 12.2. The zero-order chi connectivity index (χ0) is 18.1. The molecule has 2 rings (SSSR count). The molecule has 0 heterocycles. The molecule has 2 aromatic carbocycles. The van der Waals surface area contributed by atoms with E-state index in [9.17, 15) is 4.79 Å². The lowest BCUT2D eigenvalue weighted by molar-refractivity contribution is -0.123. The molecule has 0 radical (unpaired) electrons. The first-order valence-electron chi connectivity index (χ1n) is 7.93. The summed E-state index contributed by atoms with van der Waals surface area (Å²) in [4.78, 5) is 12.0. The van der Waals surface area contributed by atoms with Gasteiger partial charge in [-0.05, 0) is 48.4 Å². The maximum atomic E-state index is 12.0. The molecule has 0 fully saturated rings. The fourth-order valence-corrected chi connectivity index (χ4v) is 2.17. The molecule has 0 aliphatic carbocycles. The zero-order valence-corrected chi connectivity index (χ0v) is 14.6. The van der Waals surface area contributed by atoms with Gasteiger partial charge in [0, 0.05) is 0 Å². The monoisotopic (exact) mass is 342 g/mol. The minimum absolute atomic E-state index is 0.149. The van der Waals surface area contributed by atoms with Crippen molar-refractivity contribution in [1.29, 1.82) is 0 Å². The third-order valence-corrected chi connectivity index (χ3v) is 3.50. The van der Waals surface area contributed by atoms with Crippen LogP contribution in [0, 0.1) is 0 Å². The van der Waals surface area contributed by atoms with Crippen LogP contribution in [0.4, 0.5) is 0 Å². The maximum Gasteiger partial charge on any atom is 0.277 e. The van der Waals surface area contributed by atoms with E-state index in [-0.39, 0.29) is 12.5 Å². The number of rotatable bonds is 8. The predicted octanol–water partition coefficient (Wildman–Crippen LogP) is 3.01. The summed E-state index contributed by atoms with van der Waals surface area (Å²) in [6.07, 6.45) is 0.681. The quantitative estimate of drug-likeness (QED) is 0.591. The Morgan fingerprint density at radius 2 is 1.68 bits per heavy atom. The Labute approximate surface area is 147 Å². The summed E-state index contributed by atoms with van der Waals surface area (Å²) in [5, 5.41) is 4.19. The van der Waals surface area contributed by atoms with Crippen molar-refractivity contribution < 1.29 is 19.0 Å². The van der Waals surface area contributed by atoms with Gasteiger partial charge >= 0.3 is 0 Å². The van der Waals surface area contributed by atoms with Crippen LogP contribution in [0.1, 0.15) is 18.9 Å². The molecule has 25 heavy (non-hydrogen) atoms. The van der Waals surface area contributed by atoms with Crippen LogP contribution in [0.25, 0.3) is 0 Å². The van der Waals surface area contributed by atoms with Crippen LogP contribution in [-0.4, -0.2) is 32.4 Å². The smallest absolute Gasteiger partial charge is 0.277 e. The van der Waals surface area contributed by atoms with Crippen LogP contribution >= 0.6 is 0 Å². The number of amides is 1. The number of hydrogen-bond acceptors (Lipinski definition) is 5. The lowest BCUT2D eigenvalue weighted by Crippen LogP contribution is -2.26. The Hall–Kier alpha value is -3.02. The van der Waals surface area contributed by atoms with Gasteiger partial charge in [-0.15, -0.1) is 0 Å². The molecule has 0 bridgehead atoms. The Kier molecular flexibility index (Phi) is 6.83. The average molecular weight is 342 g/mol. The summed E-state index contributed by atoms with van der Waals surface area (Å²) in [7, 11) is 3.17. The number of hydrazone groups is 1. The third-order valence-electron chi connectivity index (χ3n) is 3.50. The van der Waals surface area contributed by atoms with Gasteiger partial charge in [0.1, 0.15) is 5.75 Å². The van der Waals surface area contributed by atoms with Crippen LogP contribution in [0.2, 0.25) is 0 Å². The molecule has 1 amide bonds. The molecule has 0 aromatic heterocycles. The third kappa shape index (κ3) is 5.24. The normalized spacial score (nSPS) is 10.9.